The van der Waals surface area contributed by atoms with Crippen LogP contribution in [0.15, 0.2) is 35.7 Å². The van der Waals surface area contributed by atoms with Gasteiger partial charge in [-0.25, -0.2) is 4.98 Å². The Labute approximate surface area is 165 Å². The third kappa shape index (κ3) is 4.08. The van der Waals surface area contributed by atoms with Crippen LogP contribution in [-0.2, 0) is 11.2 Å². The number of ether oxygens (including phenoxy) is 1. The standard InChI is InChI=1S/C21H27N3O2S/c1-16(2)19-22-18(12-27-19)20(25)24-10-11-26-21(15-24)13-23(14-21)9-8-17-6-4-3-5-7-17/h3-7,12,16H,8-11,13-15H2,1-2H3. The van der Waals surface area contributed by atoms with Gasteiger partial charge in [-0.15, -0.1) is 11.3 Å². The zero-order chi connectivity index (χ0) is 18.9. The first-order valence-corrected chi connectivity index (χ1v) is 10.6. The summed E-state index contributed by atoms with van der Waals surface area (Å²) in [5.74, 6) is 0.404. The average molecular weight is 386 g/mol. The van der Waals surface area contributed by atoms with Crippen molar-refractivity contribution in [3.8, 4) is 0 Å². The molecule has 2 saturated heterocycles. The fourth-order valence-corrected chi connectivity index (χ4v) is 4.69. The highest BCUT2D eigenvalue weighted by atomic mass is 32.1. The summed E-state index contributed by atoms with van der Waals surface area (Å²) in [6.45, 7) is 8.98. The molecule has 1 aromatic heterocycles. The van der Waals surface area contributed by atoms with Crippen molar-refractivity contribution in [1.82, 2.24) is 14.8 Å². The number of carbonyl (C=O) groups excluding carboxylic acids is 1. The Bertz CT molecular complexity index is 784. The number of hydrogen-bond donors (Lipinski definition) is 0. The first-order chi connectivity index (χ1) is 13.0. The summed E-state index contributed by atoms with van der Waals surface area (Å²) in [5.41, 5.74) is 1.76. The van der Waals surface area contributed by atoms with Crippen molar-refractivity contribution in [3.05, 3.63) is 52.0 Å². The minimum Gasteiger partial charge on any atom is -0.369 e. The summed E-state index contributed by atoms with van der Waals surface area (Å²) in [6, 6.07) is 10.6. The number of rotatable bonds is 5. The summed E-state index contributed by atoms with van der Waals surface area (Å²) in [5, 5.41) is 2.92. The molecule has 0 radical (unpaired) electrons. The highest BCUT2D eigenvalue weighted by Crippen LogP contribution is 2.30. The van der Waals surface area contributed by atoms with Crippen LogP contribution in [0.4, 0.5) is 0 Å². The van der Waals surface area contributed by atoms with Crippen LogP contribution in [0.1, 0.15) is 40.8 Å². The van der Waals surface area contributed by atoms with E-state index in [0.29, 0.717) is 31.3 Å². The molecule has 144 valence electrons. The molecular weight excluding hydrogens is 358 g/mol. The van der Waals surface area contributed by atoms with E-state index in [1.165, 1.54) is 5.56 Å². The Balaban J connectivity index is 1.31. The van der Waals surface area contributed by atoms with E-state index >= 15 is 0 Å². The fraction of sp³-hybridized carbons (Fsp3) is 0.524. The molecule has 1 spiro atoms. The van der Waals surface area contributed by atoms with Crippen molar-refractivity contribution >= 4 is 17.2 Å². The molecule has 0 saturated carbocycles. The van der Waals surface area contributed by atoms with Crippen LogP contribution < -0.4 is 0 Å². The Hall–Kier alpha value is -1.76. The molecule has 2 aliphatic rings. The molecule has 5 nitrogen and oxygen atoms in total. The van der Waals surface area contributed by atoms with E-state index < -0.39 is 0 Å². The average Bonchev–Trinajstić information content (AvgIpc) is 3.15. The van der Waals surface area contributed by atoms with Gasteiger partial charge in [-0.2, -0.15) is 0 Å². The van der Waals surface area contributed by atoms with Gasteiger partial charge in [0.15, 0.2) is 0 Å². The maximum Gasteiger partial charge on any atom is 0.273 e. The first-order valence-electron chi connectivity index (χ1n) is 9.70. The van der Waals surface area contributed by atoms with Crippen LogP contribution in [0.2, 0.25) is 0 Å². The lowest BCUT2D eigenvalue weighted by Crippen LogP contribution is -2.70. The quantitative estimate of drug-likeness (QED) is 0.794. The molecule has 0 aliphatic carbocycles. The van der Waals surface area contributed by atoms with Gasteiger partial charge in [0.05, 0.1) is 18.2 Å². The smallest absolute Gasteiger partial charge is 0.273 e. The van der Waals surface area contributed by atoms with E-state index in [1.807, 2.05) is 10.3 Å². The van der Waals surface area contributed by atoms with Crippen LogP contribution >= 0.6 is 11.3 Å². The minimum absolute atomic E-state index is 0.0450. The molecule has 0 unspecified atom stereocenters. The second kappa shape index (κ2) is 7.70. The number of hydrogen-bond acceptors (Lipinski definition) is 5. The van der Waals surface area contributed by atoms with Gasteiger partial charge in [-0.3, -0.25) is 9.69 Å². The predicted molar refractivity (Wildman–Crippen MR) is 107 cm³/mol. The molecular formula is C21H27N3O2S. The third-order valence-electron chi connectivity index (χ3n) is 5.35. The summed E-state index contributed by atoms with van der Waals surface area (Å²) in [4.78, 5) is 21.7. The van der Waals surface area contributed by atoms with E-state index in [1.54, 1.807) is 11.3 Å². The Morgan fingerprint density at radius 1 is 1.26 bits per heavy atom. The summed E-state index contributed by atoms with van der Waals surface area (Å²) < 4.78 is 6.09. The molecule has 0 N–H and O–H groups in total. The van der Waals surface area contributed by atoms with Gasteiger partial charge < -0.3 is 9.64 Å². The Kier molecular flexibility index (Phi) is 5.30. The fourth-order valence-electron chi connectivity index (χ4n) is 3.88. The van der Waals surface area contributed by atoms with E-state index in [0.717, 1.165) is 31.1 Å². The molecule has 0 bridgehead atoms. The van der Waals surface area contributed by atoms with Crippen LogP contribution in [0, 0.1) is 0 Å². The van der Waals surface area contributed by atoms with Crippen LogP contribution in [0.5, 0.6) is 0 Å². The number of thiazole rings is 1. The topological polar surface area (TPSA) is 45.7 Å². The van der Waals surface area contributed by atoms with Crippen molar-refractivity contribution in [2.45, 2.75) is 31.8 Å². The molecule has 4 rings (SSSR count). The zero-order valence-electron chi connectivity index (χ0n) is 16.1. The second-order valence-corrected chi connectivity index (χ2v) is 8.82. The van der Waals surface area contributed by atoms with Crippen molar-refractivity contribution in [3.63, 3.8) is 0 Å². The van der Waals surface area contributed by atoms with E-state index in [4.69, 9.17) is 4.74 Å². The third-order valence-corrected chi connectivity index (χ3v) is 6.50. The van der Waals surface area contributed by atoms with Crippen LogP contribution in [0.3, 0.4) is 0 Å². The van der Waals surface area contributed by atoms with Gasteiger partial charge in [0, 0.05) is 37.5 Å². The van der Waals surface area contributed by atoms with Gasteiger partial charge in [-0.1, -0.05) is 44.2 Å². The number of nitrogens with zero attached hydrogens (tertiary/aromatic N) is 3. The number of likely N-dealkylation sites (tertiary alicyclic amines) is 1. The number of amides is 1. The lowest BCUT2D eigenvalue weighted by Gasteiger charge is -2.54. The number of aromatic nitrogens is 1. The molecule has 27 heavy (non-hydrogen) atoms. The summed E-state index contributed by atoms with van der Waals surface area (Å²) >= 11 is 1.58. The van der Waals surface area contributed by atoms with Crippen LogP contribution in [-0.4, -0.2) is 65.6 Å². The SMILES string of the molecule is CC(C)c1nc(C(=O)N2CCOC3(CN(CCc4ccccc4)C3)C2)cs1. The van der Waals surface area contributed by atoms with Crippen molar-refractivity contribution < 1.29 is 9.53 Å². The molecule has 2 fully saturated rings. The maximum atomic E-state index is 12.9. The van der Waals surface area contributed by atoms with Gasteiger partial charge >= 0.3 is 0 Å². The number of benzene rings is 1. The molecule has 2 aliphatic heterocycles. The molecule has 1 amide bonds. The Morgan fingerprint density at radius 2 is 2.04 bits per heavy atom. The first kappa shape index (κ1) is 18.6. The van der Waals surface area contributed by atoms with Gasteiger partial charge in [-0.05, 0) is 12.0 Å². The van der Waals surface area contributed by atoms with E-state index in [-0.39, 0.29) is 11.5 Å². The molecule has 3 heterocycles. The van der Waals surface area contributed by atoms with Crippen molar-refractivity contribution in [2.24, 2.45) is 0 Å². The Morgan fingerprint density at radius 3 is 2.74 bits per heavy atom. The maximum absolute atomic E-state index is 12.9. The summed E-state index contributed by atoms with van der Waals surface area (Å²) in [6.07, 6.45) is 1.05. The number of carbonyl (C=O) groups is 1. The zero-order valence-corrected chi connectivity index (χ0v) is 16.9. The lowest BCUT2D eigenvalue weighted by atomic mass is 9.91. The number of morpholine rings is 1. The normalized spacial score (nSPS) is 19.4. The molecule has 2 aromatic rings. The minimum atomic E-state index is -0.193. The molecule has 6 heteroatoms. The monoisotopic (exact) mass is 385 g/mol. The van der Waals surface area contributed by atoms with Crippen LogP contribution in [0.25, 0.3) is 0 Å². The largest absolute Gasteiger partial charge is 0.369 e. The summed E-state index contributed by atoms with van der Waals surface area (Å²) in [7, 11) is 0. The molecule has 0 atom stereocenters. The van der Waals surface area contributed by atoms with Gasteiger partial charge in [0.2, 0.25) is 0 Å². The van der Waals surface area contributed by atoms with E-state index in [9.17, 15) is 4.79 Å². The van der Waals surface area contributed by atoms with Crippen molar-refractivity contribution in [2.75, 3.05) is 39.3 Å². The predicted octanol–water partition coefficient (Wildman–Crippen LogP) is 3.04. The lowest BCUT2D eigenvalue weighted by molar-refractivity contribution is -0.176. The van der Waals surface area contributed by atoms with Crippen molar-refractivity contribution in [1.29, 1.82) is 0 Å². The van der Waals surface area contributed by atoms with Gasteiger partial charge in [0.1, 0.15) is 11.3 Å². The van der Waals surface area contributed by atoms with E-state index in [2.05, 4.69) is 54.1 Å². The second-order valence-electron chi connectivity index (χ2n) is 7.93. The highest BCUT2D eigenvalue weighted by molar-refractivity contribution is 7.09. The highest BCUT2D eigenvalue weighted by Gasteiger charge is 2.48. The molecule has 1 aromatic carbocycles. The van der Waals surface area contributed by atoms with Gasteiger partial charge in [0.25, 0.3) is 5.91 Å².